The van der Waals surface area contributed by atoms with Crippen LogP contribution in [-0.4, -0.2) is 66.6 Å². The Morgan fingerprint density at radius 2 is 2.40 bits per heavy atom. The van der Waals surface area contributed by atoms with Crippen LogP contribution in [0.5, 0.6) is 0 Å². The lowest BCUT2D eigenvalue weighted by Crippen LogP contribution is -2.48. The molecular formula is C14H21N3O2S. The van der Waals surface area contributed by atoms with Crippen LogP contribution in [0, 0.1) is 5.92 Å². The van der Waals surface area contributed by atoms with Crippen LogP contribution in [0.3, 0.4) is 0 Å². The summed E-state index contributed by atoms with van der Waals surface area (Å²) in [6.07, 6.45) is 2.61. The molecular weight excluding hydrogens is 274 g/mol. The molecule has 1 saturated heterocycles. The predicted molar refractivity (Wildman–Crippen MR) is 78.0 cm³/mol. The predicted octanol–water partition coefficient (Wildman–Crippen LogP) is 1.33. The lowest BCUT2D eigenvalue weighted by molar-refractivity contribution is -0.0332. The van der Waals surface area contributed by atoms with E-state index in [1.807, 2.05) is 10.3 Å². The molecule has 2 heterocycles. The molecule has 1 atom stereocenters. The smallest absolute Gasteiger partial charge is 0.273 e. The van der Waals surface area contributed by atoms with E-state index in [1.165, 1.54) is 24.2 Å². The summed E-state index contributed by atoms with van der Waals surface area (Å²) in [4.78, 5) is 20.9. The van der Waals surface area contributed by atoms with Gasteiger partial charge in [-0.25, -0.2) is 4.98 Å². The molecule has 1 aromatic rings. The van der Waals surface area contributed by atoms with Gasteiger partial charge in [0.15, 0.2) is 0 Å². The molecule has 1 aliphatic heterocycles. The number of aromatic nitrogens is 1. The van der Waals surface area contributed by atoms with E-state index in [0.29, 0.717) is 18.2 Å². The first-order valence-corrected chi connectivity index (χ1v) is 8.14. The quantitative estimate of drug-likeness (QED) is 0.822. The molecule has 1 amide bonds. The second-order valence-electron chi connectivity index (χ2n) is 5.78. The Bertz CT molecular complexity index is 447. The highest BCUT2D eigenvalue weighted by atomic mass is 32.1. The fourth-order valence-corrected chi connectivity index (χ4v) is 3.08. The van der Waals surface area contributed by atoms with Crippen molar-refractivity contribution in [3.63, 3.8) is 0 Å². The van der Waals surface area contributed by atoms with Gasteiger partial charge in [-0.2, -0.15) is 0 Å². The molecule has 0 spiro atoms. The topological polar surface area (TPSA) is 45.7 Å². The van der Waals surface area contributed by atoms with Crippen molar-refractivity contribution in [2.45, 2.75) is 18.9 Å². The van der Waals surface area contributed by atoms with Gasteiger partial charge < -0.3 is 14.5 Å². The number of morpholine rings is 1. The van der Waals surface area contributed by atoms with Gasteiger partial charge in [0.2, 0.25) is 0 Å². The Morgan fingerprint density at radius 1 is 1.55 bits per heavy atom. The van der Waals surface area contributed by atoms with Crippen molar-refractivity contribution in [3.05, 3.63) is 16.6 Å². The van der Waals surface area contributed by atoms with Crippen molar-refractivity contribution in [3.8, 4) is 0 Å². The molecule has 0 N–H and O–H groups in total. The minimum Gasteiger partial charge on any atom is -0.374 e. The van der Waals surface area contributed by atoms with Gasteiger partial charge in [-0.3, -0.25) is 4.79 Å². The van der Waals surface area contributed by atoms with Crippen molar-refractivity contribution >= 4 is 17.2 Å². The maximum Gasteiger partial charge on any atom is 0.273 e. The van der Waals surface area contributed by atoms with Gasteiger partial charge >= 0.3 is 0 Å². The number of amides is 1. The minimum atomic E-state index is 0.0509. The molecule has 6 heteroatoms. The highest BCUT2D eigenvalue weighted by Gasteiger charge is 2.30. The summed E-state index contributed by atoms with van der Waals surface area (Å²) in [5.41, 5.74) is 2.28. The Labute approximate surface area is 123 Å². The van der Waals surface area contributed by atoms with Gasteiger partial charge in [-0.05, 0) is 25.8 Å². The number of nitrogens with zero attached hydrogens (tertiary/aromatic N) is 3. The fraction of sp³-hybridized carbons (Fsp3) is 0.714. The molecule has 0 aromatic carbocycles. The van der Waals surface area contributed by atoms with Gasteiger partial charge in [0.1, 0.15) is 5.69 Å². The molecule has 110 valence electrons. The Balaban J connectivity index is 1.64. The van der Waals surface area contributed by atoms with E-state index in [4.69, 9.17) is 4.74 Å². The Kier molecular flexibility index (Phi) is 4.33. The van der Waals surface area contributed by atoms with Crippen LogP contribution >= 0.6 is 11.3 Å². The first-order chi connectivity index (χ1) is 9.72. The van der Waals surface area contributed by atoms with Crippen LogP contribution < -0.4 is 0 Å². The molecule has 2 aliphatic rings. The largest absolute Gasteiger partial charge is 0.374 e. The molecule has 0 bridgehead atoms. The monoisotopic (exact) mass is 295 g/mol. The lowest BCUT2D eigenvalue weighted by Gasteiger charge is -2.33. The van der Waals surface area contributed by atoms with E-state index in [1.54, 1.807) is 5.51 Å². The number of carbonyl (C=O) groups is 1. The van der Waals surface area contributed by atoms with Crippen LogP contribution in [0.4, 0.5) is 0 Å². The zero-order valence-corrected chi connectivity index (χ0v) is 12.6. The van der Waals surface area contributed by atoms with Crippen LogP contribution in [0.25, 0.3) is 0 Å². The van der Waals surface area contributed by atoms with Gasteiger partial charge in [0, 0.05) is 31.6 Å². The molecule has 2 fully saturated rings. The summed E-state index contributed by atoms with van der Waals surface area (Å²) >= 11 is 1.47. The summed E-state index contributed by atoms with van der Waals surface area (Å²) in [5.74, 6) is 0.730. The van der Waals surface area contributed by atoms with Crippen LogP contribution in [0.1, 0.15) is 23.3 Å². The van der Waals surface area contributed by atoms with Crippen molar-refractivity contribution < 1.29 is 9.53 Å². The molecule has 0 unspecified atom stereocenters. The summed E-state index contributed by atoms with van der Waals surface area (Å²) < 4.78 is 5.79. The zero-order chi connectivity index (χ0) is 13.9. The Hall–Kier alpha value is -0.980. The highest BCUT2D eigenvalue weighted by molar-refractivity contribution is 7.07. The van der Waals surface area contributed by atoms with E-state index >= 15 is 0 Å². The van der Waals surface area contributed by atoms with E-state index in [-0.39, 0.29) is 12.0 Å². The first-order valence-electron chi connectivity index (χ1n) is 7.20. The third-order valence-electron chi connectivity index (χ3n) is 3.88. The van der Waals surface area contributed by atoms with Crippen molar-refractivity contribution in [1.82, 2.24) is 14.8 Å². The maximum absolute atomic E-state index is 12.5. The van der Waals surface area contributed by atoms with E-state index < -0.39 is 0 Å². The number of carbonyl (C=O) groups excluding carboxylic acids is 1. The summed E-state index contributed by atoms with van der Waals surface area (Å²) in [6, 6.07) is 0. The zero-order valence-electron chi connectivity index (χ0n) is 11.8. The average molecular weight is 295 g/mol. The van der Waals surface area contributed by atoms with E-state index in [0.717, 1.165) is 26.2 Å². The summed E-state index contributed by atoms with van der Waals surface area (Å²) in [7, 11) is 2.10. The fourth-order valence-electron chi connectivity index (χ4n) is 2.56. The number of ether oxygens (including phenoxy) is 1. The Morgan fingerprint density at radius 3 is 3.05 bits per heavy atom. The number of thiazole rings is 1. The minimum absolute atomic E-state index is 0.0509. The highest BCUT2D eigenvalue weighted by Crippen LogP contribution is 2.30. The molecule has 0 radical (unpaired) electrons. The molecule has 1 saturated carbocycles. The standard InChI is InChI=1S/C14H21N3O2S/c1-16-4-5-19-12(7-16)8-17(6-11-2-3-11)14(18)13-9-20-10-15-13/h9-12H,2-8H2,1H3/t12-/m1/s1. The van der Waals surface area contributed by atoms with Gasteiger partial charge in [-0.1, -0.05) is 0 Å². The van der Waals surface area contributed by atoms with Crippen molar-refractivity contribution in [2.75, 3.05) is 39.8 Å². The number of hydrogen-bond acceptors (Lipinski definition) is 5. The number of hydrogen-bond donors (Lipinski definition) is 0. The van der Waals surface area contributed by atoms with Crippen molar-refractivity contribution in [2.24, 2.45) is 5.92 Å². The summed E-state index contributed by atoms with van der Waals surface area (Å²) in [5, 5.41) is 1.83. The second-order valence-corrected chi connectivity index (χ2v) is 6.50. The normalized spacial score (nSPS) is 23.8. The van der Waals surface area contributed by atoms with E-state index in [2.05, 4.69) is 16.9 Å². The molecule has 3 rings (SSSR count). The average Bonchev–Trinajstić information content (AvgIpc) is 3.08. The summed E-state index contributed by atoms with van der Waals surface area (Å²) in [6.45, 7) is 4.14. The van der Waals surface area contributed by atoms with Crippen LogP contribution in [0.2, 0.25) is 0 Å². The van der Waals surface area contributed by atoms with Gasteiger partial charge in [0.25, 0.3) is 5.91 Å². The second kappa shape index (κ2) is 6.20. The van der Waals surface area contributed by atoms with Crippen LogP contribution in [0.15, 0.2) is 10.9 Å². The first kappa shape index (κ1) is 14.0. The molecule has 1 aliphatic carbocycles. The molecule has 5 nitrogen and oxygen atoms in total. The number of likely N-dealkylation sites (N-methyl/N-ethyl adjacent to an activating group) is 1. The third kappa shape index (κ3) is 3.56. The van der Waals surface area contributed by atoms with Gasteiger partial charge in [-0.15, -0.1) is 11.3 Å². The third-order valence-corrected chi connectivity index (χ3v) is 4.47. The maximum atomic E-state index is 12.5. The number of rotatable bonds is 5. The lowest BCUT2D eigenvalue weighted by atomic mass is 10.2. The van der Waals surface area contributed by atoms with Crippen LogP contribution in [-0.2, 0) is 4.74 Å². The van der Waals surface area contributed by atoms with Crippen molar-refractivity contribution in [1.29, 1.82) is 0 Å². The van der Waals surface area contributed by atoms with E-state index in [9.17, 15) is 4.79 Å². The SMILES string of the molecule is CN1CCO[C@@H](CN(CC2CC2)C(=O)c2cscn2)C1. The molecule has 20 heavy (non-hydrogen) atoms. The molecule has 1 aromatic heterocycles. The van der Waals surface area contributed by atoms with Gasteiger partial charge in [0.05, 0.1) is 18.2 Å².